The van der Waals surface area contributed by atoms with Crippen molar-refractivity contribution in [3.8, 4) is 0 Å². The Bertz CT molecular complexity index is 1260. The third-order valence-electron chi connectivity index (χ3n) is 6.92. The average molecular weight is 456 g/mol. The number of nitrogens with zero attached hydrogens (tertiary/aromatic N) is 1. The highest BCUT2D eigenvalue weighted by Gasteiger charge is 2.31. The maximum Gasteiger partial charge on any atom is 0.251 e. The molecule has 4 N–H and O–H groups in total. The first-order valence-electron chi connectivity index (χ1n) is 11.7. The van der Waals surface area contributed by atoms with Crippen LogP contribution in [0.2, 0.25) is 0 Å². The minimum absolute atomic E-state index is 0.117. The van der Waals surface area contributed by atoms with Crippen LogP contribution in [0.4, 0.5) is 0 Å². The fourth-order valence-corrected chi connectivity index (χ4v) is 4.79. The molecule has 0 radical (unpaired) electrons. The first kappa shape index (κ1) is 22.2. The minimum atomic E-state index is -0.667. The van der Waals surface area contributed by atoms with Crippen molar-refractivity contribution < 1.29 is 14.7 Å². The van der Waals surface area contributed by atoms with Crippen molar-refractivity contribution in [3.05, 3.63) is 105 Å². The van der Waals surface area contributed by atoms with Gasteiger partial charge < -0.3 is 21.0 Å². The van der Waals surface area contributed by atoms with Crippen molar-refractivity contribution in [1.82, 2.24) is 5.32 Å². The quantitative estimate of drug-likeness (QED) is 0.293. The normalized spacial score (nSPS) is 19.2. The minimum Gasteiger partial charge on any atom is -0.397 e. The zero-order chi connectivity index (χ0) is 23.8. The molecule has 1 saturated carbocycles. The topological polar surface area (TPSA) is 96.9 Å². The maximum atomic E-state index is 12.9. The molecule has 0 bridgehead atoms. The third kappa shape index (κ3) is 4.17. The van der Waals surface area contributed by atoms with Crippen LogP contribution in [0, 0.1) is 0 Å². The summed E-state index contributed by atoms with van der Waals surface area (Å²) in [6, 6.07) is 19.6. The molecule has 0 saturated heterocycles. The van der Waals surface area contributed by atoms with E-state index in [0.29, 0.717) is 23.9 Å². The van der Waals surface area contributed by atoms with Crippen molar-refractivity contribution in [2.45, 2.75) is 44.2 Å². The number of oxime groups is 1. The number of hydrogen-bond acceptors (Lipinski definition) is 4. The number of amidine groups is 1. The van der Waals surface area contributed by atoms with Crippen LogP contribution in [0.1, 0.15) is 87.0 Å². The van der Waals surface area contributed by atoms with Crippen molar-refractivity contribution in [1.29, 1.82) is 0 Å². The van der Waals surface area contributed by atoms with Gasteiger partial charge >= 0.3 is 0 Å². The smallest absolute Gasteiger partial charge is 0.251 e. The molecule has 6 nitrogen and oxygen atoms in total. The van der Waals surface area contributed by atoms with Crippen LogP contribution in [0.15, 0.2) is 65.8 Å². The van der Waals surface area contributed by atoms with Gasteiger partial charge in [-0.3, -0.25) is 4.79 Å². The second kappa shape index (κ2) is 8.95. The van der Waals surface area contributed by atoms with Gasteiger partial charge in [-0.1, -0.05) is 60.6 Å². The van der Waals surface area contributed by atoms with Crippen LogP contribution in [-0.4, -0.2) is 24.0 Å². The van der Waals surface area contributed by atoms with Crippen LogP contribution in [-0.2, 0) is 11.4 Å². The molecule has 1 amide bonds. The summed E-state index contributed by atoms with van der Waals surface area (Å²) in [5.74, 6) is 0.929. The van der Waals surface area contributed by atoms with E-state index in [4.69, 9.17) is 10.6 Å². The molecule has 2 aliphatic rings. The van der Waals surface area contributed by atoms with E-state index in [-0.39, 0.29) is 11.8 Å². The van der Waals surface area contributed by atoms with Gasteiger partial charge in [0, 0.05) is 23.6 Å². The second-order valence-corrected chi connectivity index (χ2v) is 9.17. The van der Waals surface area contributed by atoms with Crippen LogP contribution < -0.4 is 11.1 Å². The number of benzene rings is 3. The van der Waals surface area contributed by atoms with Crippen LogP contribution in [0.3, 0.4) is 0 Å². The number of rotatable bonds is 6. The van der Waals surface area contributed by atoms with Gasteiger partial charge in [0.1, 0.15) is 13.2 Å². The third-order valence-corrected chi connectivity index (χ3v) is 6.92. The zero-order valence-electron chi connectivity index (χ0n) is 19.4. The molecule has 174 valence electrons. The van der Waals surface area contributed by atoms with Crippen LogP contribution >= 0.6 is 0 Å². The summed E-state index contributed by atoms with van der Waals surface area (Å²) in [5, 5.41) is 17.7. The summed E-state index contributed by atoms with van der Waals surface area (Å²) < 4.78 is 0. The standard InChI is InChI=1S/C28H29N3O3/c1-16-24-13-20(18-7-8-18)9-11-22(24)26(32)23-12-10-21(14-25(16)23)28(33)30-15-17-3-5-19(6-4-17)27(29)31-34-2/h3-6,9-14,16,18,26,32H,7-8,15H2,1-2H3,(H2,29,31)(H,30,33)/t16-,26+/m1/s1. The number of amides is 1. The van der Waals surface area contributed by atoms with E-state index in [2.05, 4.69) is 35.6 Å². The van der Waals surface area contributed by atoms with Crippen LogP contribution in [0.25, 0.3) is 0 Å². The number of carbonyl (C=O) groups excluding carboxylic acids is 1. The molecule has 0 unspecified atom stereocenters. The summed E-state index contributed by atoms with van der Waals surface area (Å²) in [6.45, 7) is 2.55. The Morgan fingerprint density at radius 1 is 1.00 bits per heavy atom. The molecule has 3 aromatic rings. The van der Waals surface area contributed by atoms with Crippen molar-refractivity contribution in [2.75, 3.05) is 7.11 Å². The largest absolute Gasteiger partial charge is 0.397 e. The summed E-state index contributed by atoms with van der Waals surface area (Å²) in [6.07, 6.45) is 1.82. The fraction of sp³-hybridized carbons (Fsp3) is 0.286. The molecule has 6 heteroatoms. The molecule has 34 heavy (non-hydrogen) atoms. The van der Waals surface area contributed by atoms with Gasteiger partial charge in [0.2, 0.25) is 0 Å². The molecule has 2 aliphatic carbocycles. The van der Waals surface area contributed by atoms with E-state index in [9.17, 15) is 9.90 Å². The van der Waals surface area contributed by atoms with E-state index in [0.717, 1.165) is 27.8 Å². The summed E-state index contributed by atoms with van der Waals surface area (Å²) in [5.41, 5.74) is 13.5. The predicted octanol–water partition coefficient (Wildman–Crippen LogP) is 4.31. The SMILES string of the molecule is CON=C(N)c1ccc(CNC(=O)c2ccc3c(c2)[C@H](C)c2cc(C4CC4)ccc2[C@@H]3O)cc1. The molecular weight excluding hydrogens is 426 g/mol. The number of aliphatic hydroxyl groups excluding tert-OH is 1. The Balaban J connectivity index is 1.32. The van der Waals surface area contributed by atoms with Gasteiger partial charge in [-0.05, 0) is 64.3 Å². The Kier molecular flexibility index (Phi) is 5.84. The van der Waals surface area contributed by atoms with Gasteiger partial charge in [0.15, 0.2) is 5.84 Å². The molecular formula is C28H29N3O3. The molecule has 0 aromatic heterocycles. The lowest BCUT2D eigenvalue weighted by Gasteiger charge is -2.30. The van der Waals surface area contributed by atoms with E-state index >= 15 is 0 Å². The fourth-order valence-electron chi connectivity index (χ4n) is 4.79. The van der Waals surface area contributed by atoms with Gasteiger partial charge in [0.05, 0.1) is 0 Å². The Labute approximate surface area is 199 Å². The first-order chi connectivity index (χ1) is 16.5. The van der Waals surface area contributed by atoms with Gasteiger partial charge in [-0.2, -0.15) is 0 Å². The summed E-state index contributed by atoms with van der Waals surface area (Å²) in [4.78, 5) is 17.6. The van der Waals surface area contributed by atoms with E-state index in [1.54, 1.807) is 6.07 Å². The molecule has 0 aliphatic heterocycles. The molecule has 3 aromatic carbocycles. The van der Waals surface area contributed by atoms with Crippen molar-refractivity contribution in [3.63, 3.8) is 0 Å². The number of nitrogens with one attached hydrogen (secondary N) is 1. The van der Waals surface area contributed by atoms with E-state index in [1.165, 1.54) is 31.1 Å². The number of fused-ring (bicyclic) bond motifs is 2. The van der Waals surface area contributed by atoms with Crippen molar-refractivity contribution >= 4 is 11.7 Å². The summed E-state index contributed by atoms with van der Waals surface area (Å²) >= 11 is 0. The molecule has 0 heterocycles. The maximum absolute atomic E-state index is 12.9. The highest BCUT2D eigenvalue weighted by Crippen LogP contribution is 2.46. The lowest BCUT2D eigenvalue weighted by atomic mass is 9.76. The Morgan fingerprint density at radius 3 is 2.32 bits per heavy atom. The molecule has 1 fully saturated rings. The zero-order valence-corrected chi connectivity index (χ0v) is 19.4. The Hall–Kier alpha value is -3.64. The first-order valence-corrected chi connectivity index (χ1v) is 11.7. The molecule has 2 atom stereocenters. The van der Waals surface area contributed by atoms with Gasteiger partial charge in [0.25, 0.3) is 5.91 Å². The lowest BCUT2D eigenvalue weighted by Crippen LogP contribution is -2.24. The van der Waals surface area contributed by atoms with E-state index < -0.39 is 6.10 Å². The van der Waals surface area contributed by atoms with Crippen molar-refractivity contribution in [2.24, 2.45) is 10.9 Å². The second-order valence-electron chi connectivity index (χ2n) is 9.17. The summed E-state index contributed by atoms with van der Waals surface area (Å²) in [7, 11) is 1.45. The number of carbonyl (C=O) groups is 1. The van der Waals surface area contributed by atoms with Crippen LogP contribution in [0.5, 0.6) is 0 Å². The Morgan fingerprint density at radius 2 is 1.65 bits per heavy atom. The monoisotopic (exact) mass is 455 g/mol. The highest BCUT2D eigenvalue weighted by atomic mass is 16.6. The number of hydrogen-bond donors (Lipinski definition) is 3. The molecule has 5 rings (SSSR count). The van der Waals surface area contributed by atoms with Gasteiger partial charge in [-0.25, -0.2) is 0 Å². The number of nitrogens with two attached hydrogens (primary N) is 1. The highest BCUT2D eigenvalue weighted by molar-refractivity contribution is 5.97. The lowest BCUT2D eigenvalue weighted by molar-refractivity contribution is 0.0950. The van der Waals surface area contributed by atoms with Gasteiger partial charge in [-0.15, -0.1) is 0 Å². The predicted molar refractivity (Wildman–Crippen MR) is 132 cm³/mol. The molecule has 0 spiro atoms. The number of aliphatic hydroxyl groups is 1. The average Bonchev–Trinajstić information content (AvgIpc) is 3.71. The van der Waals surface area contributed by atoms with E-state index in [1.807, 2.05) is 36.4 Å².